The molecule has 160 valence electrons. The van der Waals surface area contributed by atoms with Gasteiger partial charge in [-0.05, 0) is 37.1 Å². The maximum absolute atomic E-state index is 13.0. The maximum Gasteiger partial charge on any atom is 0.159 e. The molecule has 5 nitrogen and oxygen atoms in total. The molecule has 1 unspecified atom stereocenters. The Morgan fingerprint density at radius 2 is 1.52 bits per heavy atom. The second kappa shape index (κ2) is 13.9. The Bertz CT molecular complexity index is 665. The Balaban J connectivity index is 1.69. The molecule has 2 aromatic rings. The van der Waals surface area contributed by atoms with Crippen LogP contribution in [0.15, 0.2) is 36.7 Å². The largest absolute Gasteiger partial charge is 0.494 e. The molecule has 1 heterocycles. The van der Waals surface area contributed by atoms with E-state index < -0.39 is 6.17 Å². The number of hydrogen-bond acceptors (Lipinski definition) is 5. The van der Waals surface area contributed by atoms with E-state index >= 15 is 0 Å². The zero-order chi connectivity index (χ0) is 20.7. The van der Waals surface area contributed by atoms with Gasteiger partial charge in [-0.1, -0.05) is 33.1 Å². The smallest absolute Gasteiger partial charge is 0.159 e. The summed E-state index contributed by atoms with van der Waals surface area (Å²) in [5.41, 5.74) is 0.920. The summed E-state index contributed by atoms with van der Waals surface area (Å²) in [4.78, 5) is 8.77. The molecule has 0 fully saturated rings. The van der Waals surface area contributed by atoms with Crippen molar-refractivity contribution in [2.45, 2.75) is 58.5 Å². The van der Waals surface area contributed by atoms with Crippen LogP contribution in [-0.4, -0.2) is 42.6 Å². The van der Waals surface area contributed by atoms with Crippen molar-refractivity contribution < 1.29 is 18.6 Å². The minimum Gasteiger partial charge on any atom is -0.494 e. The van der Waals surface area contributed by atoms with E-state index in [2.05, 4.69) is 16.9 Å². The minimum absolute atomic E-state index is 0.161. The molecule has 1 aromatic carbocycles. The van der Waals surface area contributed by atoms with E-state index in [1.807, 2.05) is 31.2 Å². The van der Waals surface area contributed by atoms with Gasteiger partial charge in [-0.25, -0.2) is 14.4 Å². The predicted molar refractivity (Wildman–Crippen MR) is 113 cm³/mol. The van der Waals surface area contributed by atoms with E-state index in [4.69, 9.17) is 14.2 Å². The summed E-state index contributed by atoms with van der Waals surface area (Å²) < 4.78 is 29.7. The van der Waals surface area contributed by atoms with Crippen LogP contribution in [0.3, 0.4) is 0 Å². The van der Waals surface area contributed by atoms with Crippen LogP contribution >= 0.6 is 0 Å². The van der Waals surface area contributed by atoms with Gasteiger partial charge in [0.1, 0.15) is 11.9 Å². The molecule has 0 amide bonds. The second-order valence-electron chi connectivity index (χ2n) is 6.96. The standard InChI is InChI=1S/C23H33FN2O3/c1-3-5-6-7-14-29-22-16-25-23(26-17-22)19-9-11-21(12-10-19)28-15-8-13-27-18-20(24)4-2/h9-12,16-17,20H,3-8,13-15,18H2,1-2H3. The molecule has 0 saturated heterocycles. The topological polar surface area (TPSA) is 53.5 Å². The quantitative estimate of drug-likeness (QED) is 0.360. The summed E-state index contributed by atoms with van der Waals surface area (Å²) >= 11 is 0. The molecule has 0 aliphatic heterocycles. The molecule has 1 aromatic heterocycles. The normalized spacial score (nSPS) is 12.0. The second-order valence-corrected chi connectivity index (χ2v) is 6.96. The van der Waals surface area contributed by atoms with Gasteiger partial charge in [-0.2, -0.15) is 0 Å². The summed E-state index contributed by atoms with van der Waals surface area (Å²) in [5.74, 6) is 2.13. The van der Waals surface area contributed by atoms with Crippen LogP contribution in [-0.2, 0) is 4.74 Å². The molecule has 0 radical (unpaired) electrons. The highest BCUT2D eigenvalue weighted by Gasteiger charge is 2.04. The highest BCUT2D eigenvalue weighted by molar-refractivity contribution is 5.56. The first-order valence-corrected chi connectivity index (χ1v) is 10.6. The average molecular weight is 405 g/mol. The molecule has 0 spiro atoms. The zero-order valence-electron chi connectivity index (χ0n) is 17.6. The van der Waals surface area contributed by atoms with Crippen LogP contribution in [0.25, 0.3) is 11.4 Å². The van der Waals surface area contributed by atoms with Crippen LogP contribution in [0.1, 0.15) is 52.4 Å². The number of ether oxygens (including phenoxy) is 3. The Hall–Kier alpha value is -2.21. The summed E-state index contributed by atoms with van der Waals surface area (Å²) in [6, 6.07) is 7.65. The van der Waals surface area contributed by atoms with E-state index in [-0.39, 0.29) is 6.61 Å². The van der Waals surface area contributed by atoms with Crippen molar-refractivity contribution >= 4 is 0 Å². The van der Waals surface area contributed by atoms with Crippen molar-refractivity contribution in [1.82, 2.24) is 9.97 Å². The molecule has 6 heteroatoms. The average Bonchev–Trinajstić information content (AvgIpc) is 2.76. The molecule has 2 rings (SSSR count). The SMILES string of the molecule is CCCCCCOc1cnc(-c2ccc(OCCCOCC(F)CC)cc2)nc1. The van der Waals surface area contributed by atoms with Crippen molar-refractivity contribution in [2.24, 2.45) is 0 Å². The van der Waals surface area contributed by atoms with Crippen molar-refractivity contribution in [2.75, 3.05) is 26.4 Å². The lowest BCUT2D eigenvalue weighted by atomic mass is 10.2. The van der Waals surface area contributed by atoms with Gasteiger partial charge in [0.15, 0.2) is 11.6 Å². The van der Waals surface area contributed by atoms with Gasteiger partial charge in [0, 0.05) is 18.6 Å². The monoisotopic (exact) mass is 404 g/mol. The Labute approximate surface area is 173 Å². The van der Waals surface area contributed by atoms with Gasteiger partial charge in [0.2, 0.25) is 0 Å². The molecule has 1 atom stereocenters. The highest BCUT2D eigenvalue weighted by Crippen LogP contribution is 2.20. The molecule has 29 heavy (non-hydrogen) atoms. The summed E-state index contributed by atoms with van der Waals surface area (Å²) in [5, 5.41) is 0. The third kappa shape index (κ3) is 9.22. The molecule has 0 N–H and O–H groups in total. The van der Waals surface area contributed by atoms with E-state index in [0.29, 0.717) is 37.8 Å². The maximum atomic E-state index is 13.0. The number of halogens is 1. The molecule has 0 bridgehead atoms. The van der Waals surface area contributed by atoms with Crippen LogP contribution < -0.4 is 9.47 Å². The lowest BCUT2D eigenvalue weighted by molar-refractivity contribution is 0.0712. The van der Waals surface area contributed by atoms with E-state index in [0.717, 1.165) is 24.2 Å². The predicted octanol–water partition coefficient (Wildman–Crippen LogP) is 5.64. The fourth-order valence-electron chi connectivity index (χ4n) is 2.64. The van der Waals surface area contributed by atoms with E-state index in [1.165, 1.54) is 19.3 Å². The number of rotatable bonds is 15. The number of alkyl halides is 1. The van der Waals surface area contributed by atoms with Crippen LogP contribution in [0, 0.1) is 0 Å². The third-order valence-electron chi connectivity index (χ3n) is 4.45. The van der Waals surface area contributed by atoms with Gasteiger partial charge in [-0.15, -0.1) is 0 Å². The van der Waals surface area contributed by atoms with Crippen molar-refractivity contribution in [3.05, 3.63) is 36.7 Å². The number of hydrogen-bond donors (Lipinski definition) is 0. The number of benzene rings is 1. The highest BCUT2D eigenvalue weighted by atomic mass is 19.1. The molecule has 0 saturated carbocycles. The first-order valence-electron chi connectivity index (χ1n) is 10.6. The number of nitrogens with zero attached hydrogens (tertiary/aromatic N) is 2. The minimum atomic E-state index is -0.878. The van der Waals surface area contributed by atoms with Gasteiger partial charge >= 0.3 is 0 Å². The first kappa shape index (κ1) is 23.1. The van der Waals surface area contributed by atoms with E-state index in [1.54, 1.807) is 12.4 Å². The lowest BCUT2D eigenvalue weighted by Crippen LogP contribution is -2.11. The van der Waals surface area contributed by atoms with Gasteiger partial charge in [0.25, 0.3) is 0 Å². The fraction of sp³-hybridized carbons (Fsp3) is 0.565. The molecular weight excluding hydrogens is 371 g/mol. The Morgan fingerprint density at radius 3 is 2.21 bits per heavy atom. The van der Waals surface area contributed by atoms with Gasteiger partial charge in [-0.3, -0.25) is 0 Å². The van der Waals surface area contributed by atoms with Crippen molar-refractivity contribution in [3.8, 4) is 22.9 Å². The van der Waals surface area contributed by atoms with Crippen LogP contribution in [0.2, 0.25) is 0 Å². The fourth-order valence-corrected chi connectivity index (χ4v) is 2.64. The molecule has 0 aliphatic carbocycles. The number of aromatic nitrogens is 2. The van der Waals surface area contributed by atoms with E-state index in [9.17, 15) is 4.39 Å². The van der Waals surface area contributed by atoms with Crippen LogP contribution in [0.4, 0.5) is 4.39 Å². The Morgan fingerprint density at radius 1 is 0.828 bits per heavy atom. The van der Waals surface area contributed by atoms with Crippen LogP contribution in [0.5, 0.6) is 11.5 Å². The summed E-state index contributed by atoms with van der Waals surface area (Å²) in [6.45, 7) is 5.90. The molecule has 0 aliphatic rings. The first-order chi connectivity index (χ1) is 14.2. The zero-order valence-corrected chi connectivity index (χ0v) is 17.6. The number of unbranched alkanes of at least 4 members (excludes halogenated alkanes) is 3. The lowest BCUT2D eigenvalue weighted by Gasteiger charge is -2.09. The van der Waals surface area contributed by atoms with Crippen molar-refractivity contribution in [1.29, 1.82) is 0 Å². The van der Waals surface area contributed by atoms with Crippen molar-refractivity contribution in [3.63, 3.8) is 0 Å². The van der Waals surface area contributed by atoms with Gasteiger partial charge in [0.05, 0.1) is 32.2 Å². The Kier molecular flexibility index (Phi) is 11.0. The van der Waals surface area contributed by atoms with Gasteiger partial charge < -0.3 is 14.2 Å². The summed E-state index contributed by atoms with van der Waals surface area (Å²) in [7, 11) is 0. The summed E-state index contributed by atoms with van der Waals surface area (Å²) in [6.07, 6.45) is 8.47. The third-order valence-corrected chi connectivity index (χ3v) is 4.45. The molecular formula is C23H33FN2O3.